The fraction of sp³-hybridized carbons (Fsp3) is 0.188. The third-order valence-corrected chi connectivity index (χ3v) is 3.25. The van der Waals surface area contributed by atoms with E-state index in [9.17, 15) is 4.39 Å². The van der Waals surface area contributed by atoms with Gasteiger partial charge in [0.2, 0.25) is 0 Å². The predicted octanol–water partition coefficient (Wildman–Crippen LogP) is 3.60. The Morgan fingerprint density at radius 1 is 1.15 bits per heavy atom. The summed E-state index contributed by atoms with van der Waals surface area (Å²) in [5.74, 6) is -0.0894. The van der Waals surface area contributed by atoms with Crippen LogP contribution in [0.2, 0.25) is 0 Å². The van der Waals surface area contributed by atoms with E-state index in [0.717, 1.165) is 12.0 Å². The molecule has 2 N–H and O–H groups in total. The molecule has 0 heterocycles. The van der Waals surface area contributed by atoms with Gasteiger partial charge in [-0.05, 0) is 29.7 Å². The monoisotopic (exact) mass is 289 g/mol. The number of benzene rings is 2. The van der Waals surface area contributed by atoms with Crippen molar-refractivity contribution in [1.29, 1.82) is 0 Å². The smallest absolute Gasteiger partial charge is 0.137 e. The summed E-state index contributed by atoms with van der Waals surface area (Å²) in [5, 5.41) is 0. The standard InChI is InChI=1S/C16H16FNOS/c1-2-11-6-8-12(9-7-11)10-19-14-5-3-4-13(17)15(14)16(18)20/h3-9H,2,10H2,1H3,(H2,18,20). The summed E-state index contributed by atoms with van der Waals surface area (Å²) in [7, 11) is 0. The van der Waals surface area contributed by atoms with Crippen molar-refractivity contribution in [3.63, 3.8) is 0 Å². The average Bonchev–Trinajstić information content (AvgIpc) is 2.45. The van der Waals surface area contributed by atoms with Crippen LogP contribution in [-0.2, 0) is 13.0 Å². The minimum Gasteiger partial charge on any atom is -0.488 e. The summed E-state index contributed by atoms with van der Waals surface area (Å²) in [4.78, 5) is -0.000527. The van der Waals surface area contributed by atoms with Gasteiger partial charge in [-0.1, -0.05) is 49.5 Å². The molecule has 0 radical (unpaired) electrons. The summed E-state index contributed by atoms with van der Waals surface area (Å²) in [6.45, 7) is 2.45. The third kappa shape index (κ3) is 3.33. The Hall–Kier alpha value is -1.94. The summed E-state index contributed by atoms with van der Waals surface area (Å²) < 4.78 is 19.3. The number of halogens is 1. The van der Waals surface area contributed by atoms with Gasteiger partial charge in [-0.2, -0.15) is 0 Å². The third-order valence-electron chi connectivity index (χ3n) is 3.05. The Kier molecular flexibility index (Phi) is 4.69. The second-order valence-corrected chi connectivity index (χ2v) is 4.88. The van der Waals surface area contributed by atoms with Gasteiger partial charge in [-0.3, -0.25) is 0 Å². The zero-order valence-electron chi connectivity index (χ0n) is 11.2. The summed E-state index contributed by atoms with van der Waals surface area (Å²) in [5.41, 5.74) is 7.97. The lowest BCUT2D eigenvalue weighted by Crippen LogP contribution is -2.14. The van der Waals surface area contributed by atoms with E-state index in [1.807, 2.05) is 12.1 Å². The van der Waals surface area contributed by atoms with Crippen LogP contribution >= 0.6 is 12.2 Å². The normalized spacial score (nSPS) is 10.3. The lowest BCUT2D eigenvalue weighted by molar-refractivity contribution is 0.304. The first kappa shape index (κ1) is 14.5. The molecule has 2 aromatic rings. The van der Waals surface area contributed by atoms with Crippen molar-refractivity contribution in [1.82, 2.24) is 0 Å². The molecule has 0 fully saturated rings. The van der Waals surface area contributed by atoms with Crippen LogP contribution in [0, 0.1) is 5.82 Å². The van der Waals surface area contributed by atoms with Crippen LogP contribution < -0.4 is 10.5 Å². The molecule has 0 bridgehead atoms. The van der Waals surface area contributed by atoms with Gasteiger partial charge in [-0.25, -0.2) is 4.39 Å². The second-order valence-electron chi connectivity index (χ2n) is 4.44. The molecule has 0 amide bonds. The predicted molar refractivity (Wildman–Crippen MR) is 82.4 cm³/mol. The number of hydrogen-bond acceptors (Lipinski definition) is 2. The quantitative estimate of drug-likeness (QED) is 0.854. The fourth-order valence-electron chi connectivity index (χ4n) is 1.90. The molecule has 0 aliphatic heterocycles. The van der Waals surface area contributed by atoms with Crippen LogP contribution in [0.15, 0.2) is 42.5 Å². The van der Waals surface area contributed by atoms with Crippen LogP contribution in [0.25, 0.3) is 0 Å². The number of hydrogen-bond donors (Lipinski definition) is 1. The molecular formula is C16H16FNOS. The maximum absolute atomic E-state index is 13.7. The van der Waals surface area contributed by atoms with E-state index in [1.54, 1.807) is 12.1 Å². The molecule has 0 aromatic heterocycles. The van der Waals surface area contributed by atoms with Gasteiger partial charge < -0.3 is 10.5 Å². The van der Waals surface area contributed by atoms with Gasteiger partial charge in [0.15, 0.2) is 0 Å². The van der Waals surface area contributed by atoms with E-state index in [4.69, 9.17) is 22.7 Å². The Labute approximate surface area is 123 Å². The van der Waals surface area contributed by atoms with Gasteiger partial charge in [0.05, 0.1) is 5.56 Å². The van der Waals surface area contributed by atoms with Crippen LogP contribution in [0.5, 0.6) is 5.75 Å². The number of nitrogens with two attached hydrogens (primary N) is 1. The van der Waals surface area contributed by atoms with Crippen LogP contribution in [-0.4, -0.2) is 4.99 Å². The average molecular weight is 289 g/mol. The molecule has 20 heavy (non-hydrogen) atoms. The first-order chi connectivity index (χ1) is 9.61. The van der Waals surface area contributed by atoms with E-state index in [2.05, 4.69) is 19.1 Å². The Balaban J connectivity index is 2.14. The highest BCUT2D eigenvalue weighted by Gasteiger charge is 2.12. The van der Waals surface area contributed by atoms with Crippen LogP contribution in [0.3, 0.4) is 0 Å². The minimum absolute atomic E-state index is 0.000527. The van der Waals surface area contributed by atoms with Crippen molar-refractivity contribution in [3.05, 3.63) is 65.0 Å². The van der Waals surface area contributed by atoms with Crippen LogP contribution in [0.1, 0.15) is 23.6 Å². The first-order valence-corrected chi connectivity index (χ1v) is 6.81. The zero-order valence-corrected chi connectivity index (χ0v) is 12.0. The van der Waals surface area contributed by atoms with Crippen molar-refractivity contribution in [2.24, 2.45) is 5.73 Å². The molecule has 4 heteroatoms. The molecule has 0 aliphatic carbocycles. The molecule has 0 aliphatic rings. The number of aryl methyl sites for hydroxylation is 1. The van der Waals surface area contributed by atoms with Crippen molar-refractivity contribution in [3.8, 4) is 5.75 Å². The molecule has 2 nitrogen and oxygen atoms in total. The molecule has 104 valence electrons. The highest BCUT2D eigenvalue weighted by atomic mass is 32.1. The maximum atomic E-state index is 13.7. The van der Waals surface area contributed by atoms with E-state index < -0.39 is 5.82 Å². The Morgan fingerprint density at radius 2 is 1.80 bits per heavy atom. The highest BCUT2D eigenvalue weighted by molar-refractivity contribution is 7.80. The van der Waals surface area contributed by atoms with Gasteiger partial charge >= 0.3 is 0 Å². The number of rotatable bonds is 5. The minimum atomic E-state index is -0.462. The number of thiocarbonyl (C=S) groups is 1. The van der Waals surface area contributed by atoms with Crippen LogP contribution in [0.4, 0.5) is 4.39 Å². The maximum Gasteiger partial charge on any atom is 0.137 e. The SMILES string of the molecule is CCc1ccc(COc2cccc(F)c2C(N)=S)cc1. The topological polar surface area (TPSA) is 35.2 Å². The highest BCUT2D eigenvalue weighted by Crippen LogP contribution is 2.22. The van der Waals surface area contributed by atoms with Gasteiger partial charge in [-0.15, -0.1) is 0 Å². The van der Waals surface area contributed by atoms with E-state index in [1.165, 1.54) is 11.6 Å². The molecule has 0 saturated heterocycles. The second kappa shape index (κ2) is 6.48. The largest absolute Gasteiger partial charge is 0.488 e. The van der Waals surface area contributed by atoms with Gasteiger partial charge in [0.1, 0.15) is 23.2 Å². The van der Waals surface area contributed by atoms with Crippen molar-refractivity contribution in [2.75, 3.05) is 0 Å². The molecule has 2 aromatic carbocycles. The Morgan fingerprint density at radius 3 is 2.40 bits per heavy atom. The lowest BCUT2D eigenvalue weighted by atomic mass is 10.1. The summed E-state index contributed by atoms with van der Waals surface area (Å²) >= 11 is 4.86. The molecule has 0 spiro atoms. The summed E-state index contributed by atoms with van der Waals surface area (Å²) in [6.07, 6.45) is 0.997. The van der Waals surface area contributed by atoms with E-state index >= 15 is 0 Å². The van der Waals surface area contributed by atoms with Crippen molar-refractivity contribution < 1.29 is 9.13 Å². The summed E-state index contributed by atoms with van der Waals surface area (Å²) in [6, 6.07) is 12.7. The zero-order chi connectivity index (χ0) is 14.5. The number of ether oxygens (including phenoxy) is 1. The van der Waals surface area contributed by atoms with Gasteiger partial charge in [0.25, 0.3) is 0 Å². The lowest BCUT2D eigenvalue weighted by Gasteiger charge is -2.11. The fourth-order valence-corrected chi connectivity index (χ4v) is 2.09. The first-order valence-electron chi connectivity index (χ1n) is 6.40. The van der Waals surface area contributed by atoms with E-state index in [-0.39, 0.29) is 10.6 Å². The van der Waals surface area contributed by atoms with E-state index in [0.29, 0.717) is 12.4 Å². The molecule has 2 rings (SSSR count). The molecule has 0 saturated carbocycles. The molecular weight excluding hydrogens is 273 g/mol. The van der Waals surface area contributed by atoms with Gasteiger partial charge in [0, 0.05) is 0 Å². The Bertz CT molecular complexity index is 610. The molecule has 0 atom stereocenters. The van der Waals surface area contributed by atoms with Crippen molar-refractivity contribution >= 4 is 17.2 Å². The van der Waals surface area contributed by atoms with Crippen molar-refractivity contribution in [2.45, 2.75) is 20.0 Å². The molecule has 0 unspecified atom stereocenters.